The molecule has 0 heterocycles. The summed E-state index contributed by atoms with van der Waals surface area (Å²) in [5.41, 5.74) is -0.427. The molecule has 0 aliphatic rings. The molecule has 35 heavy (non-hydrogen) atoms. The van der Waals surface area contributed by atoms with Crippen LogP contribution in [0.25, 0.3) is 0 Å². The zero-order chi connectivity index (χ0) is 26.2. The summed E-state index contributed by atoms with van der Waals surface area (Å²) in [5, 5.41) is 5.17. The number of ether oxygens (including phenoxy) is 3. The molecule has 2 N–H and O–H groups in total. The molecular formula is C25H29N3O7. The fourth-order valence-electron chi connectivity index (χ4n) is 2.47. The number of hydrogen-bond acceptors (Lipinski definition) is 7. The number of aldehydes is 1. The van der Waals surface area contributed by atoms with E-state index in [1.807, 2.05) is 0 Å². The fraction of sp³-hybridized carbons (Fsp3) is 0.320. The smallest absolute Gasteiger partial charge is 0.437 e. The molecule has 0 unspecified atom stereocenters. The van der Waals surface area contributed by atoms with Gasteiger partial charge in [0, 0.05) is 11.3 Å². The van der Waals surface area contributed by atoms with Crippen LogP contribution in [0.3, 0.4) is 0 Å². The molecule has 0 saturated carbocycles. The number of aliphatic imine (C=N–C) groups is 1. The number of amides is 2. The number of benzene rings is 2. The van der Waals surface area contributed by atoms with E-state index in [4.69, 9.17) is 14.2 Å². The number of hydrogen-bond donors (Lipinski definition) is 2. The second-order valence-corrected chi connectivity index (χ2v) is 9.35. The van der Waals surface area contributed by atoms with Crippen LogP contribution in [0.2, 0.25) is 0 Å². The maximum atomic E-state index is 12.4. The van der Waals surface area contributed by atoms with Gasteiger partial charge in [0.15, 0.2) is 0 Å². The lowest BCUT2D eigenvalue weighted by molar-refractivity contribution is 0.0561. The van der Waals surface area contributed by atoms with Crippen molar-refractivity contribution in [3.63, 3.8) is 0 Å². The minimum atomic E-state index is -0.920. The molecule has 0 aromatic heterocycles. The van der Waals surface area contributed by atoms with Crippen molar-refractivity contribution in [1.29, 1.82) is 0 Å². The van der Waals surface area contributed by atoms with Crippen LogP contribution in [0.5, 0.6) is 5.75 Å². The summed E-state index contributed by atoms with van der Waals surface area (Å²) in [7, 11) is 0. The van der Waals surface area contributed by atoms with Gasteiger partial charge in [0.25, 0.3) is 0 Å². The van der Waals surface area contributed by atoms with E-state index in [-0.39, 0.29) is 17.3 Å². The molecule has 10 nitrogen and oxygen atoms in total. The lowest BCUT2D eigenvalue weighted by Gasteiger charge is -2.21. The number of esters is 1. The van der Waals surface area contributed by atoms with Gasteiger partial charge in [0.2, 0.25) is 5.96 Å². The van der Waals surface area contributed by atoms with Crippen LogP contribution >= 0.6 is 0 Å². The zero-order valence-corrected chi connectivity index (χ0v) is 20.5. The van der Waals surface area contributed by atoms with Crippen LogP contribution in [0, 0.1) is 0 Å². The topological polar surface area (TPSA) is 132 Å². The molecule has 0 bridgehead atoms. The molecule has 0 aliphatic heterocycles. The van der Waals surface area contributed by atoms with E-state index in [1.54, 1.807) is 41.5 Å². The van der Waals surface area contributed by atoms with E-state index < -0.39 is 29.4 Å². The molecule has 2 rings (SSSR count). The van der Waals surface area contributed by atoms with Crippen LogP contribution in [0.15, 0.2) is 53.5 Å². The SMILES string of the molecule is CC(C)(C)OC(=O)/N=C(/NC(=O)OC(C)(C)C)Nc1ccc(C(=O)Oc2ccc(C=O)cc2)cc1. The molecule has 2 aromatic carbocycles. The van der Waals surface area contributed by atoms with Gasteiger partial charge in [0.1, 0.15) is 23.2 Å². The third-order valence-electron chi connectivity index (χ3n) is 3.83. The first-order chi connectivity index (χ1) is 16.2. The minimum Gasteiger partial charge on any atom is -0.444 e. The number of carbonyl (C=O) groups excluding carboxylic acids is 4. The van der Waals surface area contributed by atoms with Gasteiger partial charge in [0.05, 0.1) is 5.56 Å². The largest absolute Gasteiger partial charge is 0.444 e. The van der Waals surface area contributed by atoms with Crippen molar-refractivity contribution in [1.82, 2.24) is 5.32 Å². The molecule has 10 heteroatoms. The fourth-order valence-corrected chi connectivity index (χ4v) is 2.47. The van der Waals surface area contributed by atoms with E-state index in [0.717, 1.165) is 0 Å². The van der Waals surface area contributed by atoms with Gasteiger partial charge in [-0.25, -0.2) is 14.4 Å². The number of anilines is 1. The quantitative estimate of drug-likeness (QED) is 0.205. The number of carbonyl (C=O) groups is 4. The monoisotopic (exact) mass is 483 g/mol. The Kier molecular flexibility index (Phi) is 8.71. The van der Waals surface area contributed by atoms with Gasteiger partial charge in [-0.05, 0) is 90.1 Å². The highest BCUT2D eigenvalue weighted by Crippen LogP contribution is 2.16. The number of rotatable bonds is 4. The summed E-state index contributed by atoms with van der Waals surface area (Å²) in [6.45, 7) is 10.1. The molecule has 0 saturated heterocycles. The standard InChI is InChI=1S/C25H29N3O7/c1-24(2,3)34-22(31)27-21(28-23(32)35-25(4,5)6)26-18-11-9-17(10-12-18)20(30)33-19-13-7-16(15-29)8-14-19/h7-15H,1-6H3,(H2,26,27,28,31,32). The summed E-state index contributed by atoms with van der Waals surface area (Å²) < 4.78 is 15.7. The van der Waals surface area contributed by atoms with Gasteiger partial charge < -0.3 is 19.5 Å². The Balaban J connectivity index is 2.14. The Hall–Kier alpha value is -4.21. The summed E-state index contributed by atoms with van der Waals surface area (Å²) in [4.78, 5) is 51.2. The highest BCUT2D eigenvalue weighted by Gasteiger charge is 2.20. The highest BCUT2D eigenvalue weighted by atomic mass is 16.6. The summed E-state index contributed by atoms with van der Waals surface area (Å²) in [6, 6.07) is 12.1. The van der Waals surface area contributed by atoms with Crippen molar-refractivity contribution < 1.29 is 33.4 Å². The van der Waals surface area contributed by atoms with E-state index in [0.29, 0.717) is 17.5 Å². The van der Waals surface area contributed by atoms with Crippen molar-refractivity contribution >= 4 is 36.1 Å². The average Bonchev–Trinajstić information content (AvgIpc) is 2.72. The molecule has 0 radical (unpaired) electrons. The Bertz CT molecular complexity index is 1090. The molecule has 186 valence electrons. The highest BCUT2D eigenvalue weighted by molar-refractivity contribution is 6.06. The number of nitrogens with zero attached hydrogens (tertiary/aromatic N) is 1. The first-order valence-electron chi connectivity index (χ1n) is 10.7. The van der Waals surface area contributed by atoms with Crippen LogP contribution in [-0.4, -0.2) is 41.6 Å². The van der Waals surface area contributed by atoms with Crippen LogP contribution < -0.4 is 15.4 Å². The van der Waals surface area contributed by atoms with Gasteiger partial charge >= 0.3 is 18.2 Å². The summed E-state index contributed by atoms with van der Waals surface area (Å²) in [5.74, 6) is -0.542. The maximum Gasteiger partial charge on any atom is 0.437 e. The van der Waals surface area contributed by atoms with Crippen LogP contribution in [0.1, 0.15) is 62.3 Å². The van der Waals surface area contributed by atoms with E-state index >= 15 is 0 Å². The summed E-state index contributed by atoms with van der Waals surface area (Å²) >= 11 is 0. The third-order valence-corrected chi connectivity index (χ3v) is 3.83. The third kappa shape index (κ3) is 10.1. The van der Waals surface area contributed by atoms with Crippen LogP contribution in [0.4, 0.5) is 15.3 Å². The predicted molar refractivity (Wildman–Crippen MR) is 130 cm³/mol. The summed E-state index contributed by atoms with van der Waals surface area (Å²) in [6.07, 6.45) is -1.06. The lowest BCUT2D eigenvalue weighted by Crippen LogP contribution is -2.40. The number of guanidine groups is 1. The first kappa shape index (κ1) is 27.0. The Morgan fingerprint density at radius 1 is 0.829 bits per heavy atom. The molecule has 0 aliphatic carbocycles. The molecule has 0 atom stereocenters. The van der Waals surface area contributed by atoms with Crippen molar-refractivity contribution in [2.45, 2.75) is 52.7 Å². The number of nitrogens with one attached hydrogen (secondary N) is 2. The van der Waals surface area contributed by atoms with Gasteiger partial charge in [-0.2, -0.15) is 0 Å². The number of alkyl carbamates (subject to hydrolysis) is 1. The predicted octanol–water partition coefficient (Wildman–Crippen LogP) is 4.95. The van der Waals surface area contributed by atoms with Gasteiger partial charge in [-0.1, -0.05) is 0 Å². The van der Waals surface area contributed by atoms with Gasteiger partial charge in [-0.15, -0.1) is 4.99 Å². The van der Waals surface area contributed by atoms with E-state index in [1.165, 1.54) is 48.5 Å². The van der Waals surface area contributed by atoms with Crippen molar-refractivity contribution in [2.75, 3.05) is 5.32 Å². The van der Waals surface area contributed by atoms with Gasteiger partial charge in [-0.3, -0.25) is 10.1 Å². The Labute approximate surface area is 203 Å². The Morgan fingerprint density at radius 3 is 1.91 bits per heavy atom. The van der Waals surface area contributed by atoms with Crippen molar-refractivity contribution in [3.05, 3.63) is 59.7 Å². The maximum absolute atomic E-state index is 12.4. The molecule has 0 fully saturated rings. The zero-order valence-electron chi connectivity index (χ0n) is 20.5. The molecule has 2 aromatic rings. The minimum absolute atomic E-state index is 0.223. The average molecular weight is 484 g/mol. The molecular weight excluding hydrogens is 454 g/mol. The van der Waals surface area contributed by atoms with E-state index in [9.17, 15) is 19.2 Å². The first-order valence-corrected chi connectivity index (χ1v) is 10.7. The molecule has 2 amide bonds. The molecule has 0 spiro atoms. The second kappa shape index (κ2) is 11.3. The normalized spacial score (nSPS) is 11.8. The van der Waals surface area contributed by atoms with E-state index in [2.05, 4.69) is 15.6 Å². The lowest BCUT2D eigenvalue weighted by atomic mass is 10.2. The van der Waals surface area contributed by atoms with Crippen LogP contribution in [-0.2, 0) is 9.47 Å². The van der Waals surface area contributed by atoms with Crippen molar-refractivity contribution in [3.8, 4) is 5.75 Å². The van der Waals surface area contributed by atoms with Crippen molar-refractivity contribution in [2.24, 2.45) is 4.99 Å². The second-order valence-electron chi connectivity index (χ2n) is 9.35. The Morgan fingerprint density at radius 2 is 1.40 bits per heavy atom.